The lowest BCUT2D eigenvalue weighted by atomic mass is 10.1. The average molecular weight is 518 g/mol. The Kier molecular flexibility index (Phi) is 9.26. The van der Waals surface area contributed by atoms with E-state index in [1.165, 1.54) is 0 Å². The van der Waals surface area contributed by atoms with Gasteiger partial charge in [-0.1, -0.05) is 60.7 Å². The summed E-state index contributed by atoms with van der Waals surface area (Å²) in [5.74, 6) is -0.617. The van der Waals surface area contributed by atoms with Gasteiger partial charge in [-0.2, -0.15) is 5.10 Å². The smallest absolute Gasteiger partial charge is 0.274 e. The lowest BCUT2D eigenvalue weighted by molar-refractivity contribution is -0.121. The minimum Gasteiger partial charge on any atom is -0.383 e. The molecule has 0 radical (unpaired) electrons. The van der Waals surface area contributed by atoms with Gasteiger partial charge in [0.1, 0.15) is 5.69 Å². The second kappa shape index (κ2) is 13.0. The molecule has 0 spiro atoms. The predicted octanol–water partition coefficient (Wildman–Crippen LogP) is 3.29. The number of fused-ring (bicyclic) bond motifs is 1. The predicted molar refractivity (Wildman–Crippen MR) is 143 cm³/mol. The summed E-state index contributed by atoms with van der Waals surface area (Å²) in [6.07, 6.45) is 0.887. The van der Waals surface area contributed by atoms with E-state index >= 15 is 0 Å². The van der Waals surface area contributed by atoms with E-state index in [1.807, 2.05) is 67.6 Å². The van der Waals surface area contributed by atoms with Gasteiger partial charge in [0.2, 0.25) is 5.91 Å². The molecule has 1 aliphatic heterocycles. The van der Waals surface area contributed by atoms with Crippen molar-refractivity contribution in [3.05, 3.63) is 89.2 Å². The summed E-state index contributed by atoms with van der Waals surface area (Å²) in [7, 11) is 1.57. The topological polar surface area (TPSA) is 96.8 Å². The number of ether oxygens (including phenoxy) is 1. The van der Waals surface area contributed by atoms with Gasteiger partial charge in [-0.15, -0.1) is 0 Å². The standard InChI is InChI=1S/C29H35N5O4/c1-22(24-12-7-4-8-13-24)30-27(35)14-17-32(18-19-38-2)28(36)25-20-26-29(37)33(15-9-16-34(26)31-25)21-23-10-5-3-6-11-23/h3-8,10-13,20,22H,9,14-19,21H2,1-2H3,(H,30,35)/t22-/m1/s1. The first-order valence-electron chi connectivity index (χ1n) is 13.0. The molecule has 1 atom stereocenters. The number of hydrogen-bond acceptors (Lipinski definition) is 5. The van der Waals surface area contributed by atoms with E-state index in [2.05, 4.69) is 10.4 Å². The lowest BCUT2D eigenvalue weighted by Crippen LogP contribution is -2.38. The van der Waals surface area contributed by atoms with Gasteiger partial charge in [0.05, 0.1) is 12.6 Å². The molecule has 2 heterocycles. The number of rotatable bonds is 11. The van der Waals surface area contributed by atoms with E-state index in [9.17, 15) is 14.4 Å². The zero-order valence-corrected chi connectivity index (χ0v) is 22.0. The fraction of sp³-hybridized carbons (Fsp3) is 0.379. The molecule has 38 heavy (non-hydrogen) atoms. The van der Waals surface area contributed by atoms with Crippen molar-refractivity contribution in [1.29, 1.82) is 0 Å². The maximum absolute atomic E-state index is 13.4. The Hall–Kier alpha value is -3.98. The van der Waals surface area contributed by atoms with Crippen LogP contribution in [0.25, 0.3) is 0 Å². The number of aryl methyl sites for hydroxylation is 1. The minimum absolute atomic E-state index is 0.138. The summed E-state index contributed by atoms with van der Waals surface area (Å²) in [4.78, 5) is 42.7. The van der Waals surface area contributed by atoms with Gasteiger partial charge in [-0.3, -0.25) is 19.1 Å². The zero-order chi connectivity index (χ0) is 26.9. The van der Waals surface area contributed by atoms with Crippen LogP contribution in [0.2, 0.25) is 0 Å². The Balaban J connectivity index is 1.42. The van der Waals surface area contributed by atoms with Gasteiger partial charge >= 0.3 is 0 Å². The Labute approximate surface area is 223 Å². The van der Waals surface area contributed by atoms with E-state index in [4.69, 9.17) is 4.74 Å². The first-order chi connectivity index (χ1) is 18.5. The summed E-state index contributed by atoms with van der Waals surface area (Å²) in [5, 5.41) is 7.47. The number of amides is 3. The molecule has 0 bridgehead atoms. The molecule has 0 saturated heterocycles. The first-order valence-corrected chi connectivity index (χ1v) is 13.0. The van der Waals surface area contributed by atoms with Crippen LogP contribution < -0.4 is 5.32 Å². The first kappa shape index (κ1) is 27.1. The molecular weight excluding hydrogens is 482 g/mol. The molecule has 1 aromatic heterocycles. The van der Waals surface area contributed by atoms with Gasteiger partial charge in [0.15, 0.2) is 5.69 Å². The highest BCUT2D eigenvalue weighted by molar-refractivity contribution is 5.98. The fourth-order valence-electron chi connectivity index (χ4n) is 4.55. The summed E-state index contributed by atoms with van der Waals surface area (Å²) in [5.41, 5.74) is 2.67. The van der Waals surface area contributed by atoms with E-state index in [-0.39, 0.29) is 42.4 Å². The van der Waals surface area contributed by atoms with Crippen molar-refractivity contribution in [1.82, 2.24) is 24.9 Å². The average Bonchev–Trinajstić information content (AvgIpc) is 3.31. The Bertz CT molecular complexity index is 1230. The van der Waals surface area contributed by atoms with Crippen molar-refractivity contribution in [3.63, 3.8) is 0 Å². The van der Waals surface area contributed by atoms with Crippen LogP contribution in [-0.4, -0.2) is 70.7 Å². The molecule has 4 rings (SSSR count). The van der Waals surface area contributed by atoms with Crippen LogP contribution in [0.15, 0.2) is 66.7 Å². The van der Waals surface area contributed by atoms with Crippen LogP contribution in [-0.2, 0) is 22.6 Å². The fourth-order valence-corrected chi connectivity index (χ4v) is 4.55. The van der Waals surface area contributed by atoms with E-state index < -0.39 is 0 Å². The summed E-state index contributed by atoms with van der Waals surface area (Å²) < 4.78 is 6.82. The molecule has 9 nitrogen and oxygen atoms in total. The van der Waals surface area contributed by atoms with Crippen molar-refractivity contribution in [2.75, 3.05) is 33.4 Å². The number of carbonyl (C=O) groups is 3. The number of hydrogen-bond donors (Lipinski definition) is 1. The molecule has 2 aromatic carbocycles. The van der Waals surface area contributed by atoms with Gasteiger partial charge in [0.25, 0.3) is 11.8 Å². The van der Waals surface area contributed by atoms with Crippen molar-refractivity contribution in [2.45, 2.75) is 38.9 Å². The Morgan fingerprint density at radius 3 is 2.47 bits per heavy atom. The minimum atomic E-state index is -0.325. The van der Waals surface area contributed by atoms with E-state index in [1.54, 1.807) is 27.7 Å². The van der Waals surface area contributed by atoms with E-state index in [0.717, 1.165) is 17.5 Å². The third-order valence-electron chi connectivity index (χ3n) is 6.66. The number of benzene rings is 2. The normalized spacial score (nSPS) is 13.9. The molecule has 0 unspecified atom stereocenters. The summed E-state index contributed by atoms with van der Waals surface area (Å²) >= 11 is 0. The number of aromatic nitrogens is 2. The van der Waals surface area contributed by atoms with Gasteiger partial charge in [-0.25, -0.2) is 0 Å². The highest BCUT2D eigenvalue weighted by Crippen LogP contribution is 2.18. The molecule has 3 aromatic rings. The molecule has 0 saturated carbocycles. The second-order valence-corrected chi connectivity index (χ2v) is 9.44. The summed E-state index contributed by atoms with van der Waals surface area (Å²) in [6.45, 7) is 4.46. The SMILES string of the molecule is COCCN(CCC(=O)N[C@H](C)c1ccccc1)C(=O)c1cc2n(n1)CCCN(Cc1ccccc1)C2=O. The molecule has 0 fully saturated rings. The zero-order valence-electron chi connectivity index (χ0n) is 22.0. The van der Waals surface area contributed by atoms with Crippen LogP contribution in [0, 0.1) is 0 Å². The molecule has 0 aliphatic carbocycles. The van der Waals surface area contributed by atoms with Crippen molar-refractivity contribution in [3.8, 4) is 0 Å². The van der Waals surface area contributed by atoms with Crippen molar-refractivity contribution < 1.29 is 19.1 Å². The van der Waals surface area contributed by atoms with Crippen LogP contribution >= 0.6 is 0 Å². The lowest BCUT2D eigenvalue weighted by Gasteiger charge is -2.22. The highest BCUT2D eigenvalue weighted by atomic mass is 16.5. The van der Waals surface area contributed by atoms with Gasteiger partial charge < -0.3 is 19.9 Å². The second-order valence-electron chi connectivity index (χ2n) is 9.44. The Morgan fingerprint density at radius 2 is 1.76 bits per heavy atom. The molecule has 9 heteroatoms. The molecular formula is C29H35N5O4. The van der Waals surface area contributed by atoms with Crippen LogP contribution in [0.5, 0.6) is 0 Å². The van der Waals surface area contributed by atoms with E-state index in [0.29, 0.717) is 38.5 Å². The molecule has 1 aliphatic rings. The highest BCUT2D eigenvalue weighted by Gasteiger charge is 2.28. The largest absolute Gasteiger partial charge is 0.383 e. The van der Waals surface area contributed by atoms with Crippen LogP contribution in [0.3, 0.4) is 0 Å². The number of methoxy groups -OCH3 is 1. The number of carbonyl (C=O) groups excluding carboxylic acids is 3. The monoisotopic (exact) mass is 517 g/mol. The maximum Gasteiger partial charge on any atom is 0.274 e. The number of nitrogens with one attached hydrogen (secondary N) is 1. The third kappa shape index (κ3) is 6.86. The van der Waals surface area contributed by atoms with Gasteiger partial charge in [-0.05, 0) is 24.5 Å². The molecule has 200 valence electrons. The maximum atomic E-state index is 13.4. The summed E-state index contributed by atoms with van der Waals surface area (Å²) in [6, 6.07) is 21.0. The van der Waals surface area contributed by atoms with Gasteiger partial charge in [0, 0.05) is 52.3 Å². The number of nitrogens with zero attached hydrogens (tertiary/aromatic N) is 4. The quantitative estimate of drug-likeness (QED) is 0.421. The third-order valence-corrected chi connectivity index (χ3v) is 6.66. The molecule has 3 amide bonds. The molecule has 1 N–H and O–H groups in total. The Morgan fingerprint density at radius 1 is 1.05 bits per heavy atom. The van der Waals surface area contributed by atoms with Crippen molar-refractivity contribution in [2.24, 2.45) is 0 Å². The van der Waals surface area contributed by atoms with Crippen LogP contribution in [0.1, 0.15) is 57.9 Å². The van der Waals surface area contributed by atoms with Crippen LogP contribution in [0.4, 0.5) is 0 Å². The van der Waals surface area contributed by atoms with Crippen molar-refractivity contribution >= 4 is 17.7 Å².